The molecule has 5 rings (SSSR count). The fourth-order valence-electron chi connectivity index (χ4n) is 5.43. The third-order valence-corrected chi connectivity index (χ3v) is 7.82. The van der Waals surface area contributed by atoms with Gasteiger partial charge in [0.15, 0.2) is 6.10 Å². The summed E-state index contributed by atoms with van der Waals surface area (Å²) in [5, 5.41) is 50.2. The normalized spacial score (nSPS) is 27.6. The Morgan fingerprint density at radius 2 is 1.63 bits per heavy atom. The van der Waals surface area contributed by atoms with Crippen molar-refractivity contribution in [1.82, 2.24) is 0 Å². The van der Waals surface area contributed by atoms with Crippen molar-refractivity contribution in [1.29, 1.82) is 0 Å². The number of rotatable bonds is 9. The molecular weight excluding hydrogens is 561 g/mol. The SMILES string of the molecule is C#Cc1ccc(N2C(=O)[C@H](CC[C@H](O)c3ccc(F)cc3)C2c2ccc(O[C@@H]3O[C@H](C(=O)O)[C@@H](O)[C@H](O)[C@H]3O)cc2)cc1. The van der Waals surface area contributed by atoms with Crippen LogP contribution in [0.4, 0.5) is 10.1 Å². The van der Waals surface area contributed by atoms with Gasteiger partial charge in [0.2, 0.25) is 12.2 Å². The number of carbonyl (C=O) groups excluding carboxylic acids is 1. The Morgan fingerprint density at radius 1 is 0.977 bits per heavy atom. The molecule has 0 aliphatic carbocycles. The second-order valence-corrected chi connectivity index (χ2v) is 10.5. The van der Waals surface area contributed by atoms with E-state index in [-0.39, 0.29) is 18.1 Å². The van der Waals surface area contributed by atoms with E-state index in [0.717, 1.165) is 5.56 Å². The van der Waals surface area contributed by atoms with Crippen molar-refractivity contribution < 1.29 is 49.0 Å². The van der Waals surface area contributed by atoms with E-state index < -0.39 is 60.6 Å². The fraction of sp³-hybridized carbons (Fsp3) is 0.312. The summed E-state index contributed by atoms with van der Waals surface area (Å²) < 4.78 is 24.1. The number of amides is 1. The van der Waals surface area contributed by atoms with Crippen LogP contribution in [-0.2, 0) is 14.3 Å². The summed E-state index contributed by atoms with van der Waals surface area (Å²) in [6.45, 7) is 0. The van der Waals surface area contributed by atoms with Gasteiger partial charge in [-0.2, -0.15) is 0 Å². The van der Waals surface area contributed by atoms with E-state index in [1.165, 1.54) is 24.3 Å². The molecule has 2 aliphatic rings. The summed E-state index contributed by atoms with van der Waals surface area (Å²) in [7, 11) is 0. The van der Waals surface area contributed by atoms with Crippen LogP contribution >= 0.6 is 0 Å². The van der Waals surface area contributed by atoms with Gasteiger partial charge < -0.3 is 39.9 Å². The summed E-state index contributed by atoms with van der Waals surface area (Å²) in [5.41, 5.74) is 2.57. The highest BCUT2D eigenvalue weighted by Crippen LogP contribution is 2.46. The lowest BCUT2D eigenvalue weighted by Crippen LogP contribution is -2.61. The lowest BCUT2D eigenvalue weighted by molar-refractivity contribution is -0.271. The summed E-state index contributed by atoms with van der Waals surface area (Å²) in [4.78, 5) is 26.4. The highest BCUT2D eigenvalue weighted by atomic mass is 19.1. The molecule has 2 fully saturated rings. The van der Waals surface area contributed by atoms with Gasteiger partial charge in [0.05, 0.1) is 18.1 Å². The number of β-lactam (4-membered cyclic amide) rings is 1. The molecule has 3 aromatic carbocycles. The Hall–Kier alpha value is -4.31. The van der Waals surface area contributed by atoms with Crippen molar-refractivity contribution in [3.05, 3.63) is 95.3 Å². The molecule has 0 radical (unpaired) electrons. The van der Waals surface area contributed by atoms with E-state index in [0.29, 0.717) is 23.2 Å². The molecule has 5 N–H and O–H groups in total. The monoisotopic (exact) mass is 591 g/mol. The van der Waals surface area contributed by atoms with Crippen molar-refractivity contribution in [3.63, 3.8) is 0 Å². The summed E-state index contributed by atoms with van der Waals surface area (Å²) in [6, 6.07) is 18.6. The maximum Gasteiger partial charge on any atom is 0.335 e. The number of halogens is 1. The number of aliphatic hydroxyl groups excluding tert-OH is 4. The van der Waals surface area contributed by atoms with Crippen LogP contribution in [0.3, 0.4) is 0 Å². The first-order valence-corrected chi connectivity index (χ1v) is 13.6. The summed E-state index contributed by atoms with van der Waals surface area (Å²) in [6.07, 6.45) is -3.54. The minimum Gasteiger partial charge on any atom is -0.479 e. The van der Waals surface area contributed by atoms with Gasteiger partial charge in [-0.1, -0.05) is 30.2 Å². The van der Waals surface area contributed by atoms with Crippen molar-refractivity contribution in [2.45, 2.75) is 55.7 Å². The molecule has 43 heavy (non-hydrogen) atoms. The highest BCUT2D eigenvalue weighted by molar-refractivity contribution is 6.03. The molecule has 1 amide bonds. The molecule has 0 spiro atoms. The first-order valence-electron chi connectivity index (χ1n) is 13.6. The van der Waals surface area contributed by atoms with Crippen LogP contribution in [0, 0.1) is 24.1 Å². The van der Waals surface area contributed by atoms with Gasteiger partial charge in [0.25, 0.3) is 0 Å². The quantitative estimate of drug-likeness (QED) is 0.186. The number of terminal acetylenes is 1. The average Bonchev–Trinajstić information content (AvgIpc) is 3.01. The maximum atomic E-state index is 13.4. The Balaban J connectivity index is 1.35. The standard InChI is InChI=1S/C32H30FNO9/c1-2-17-3-11-21(12-4-17)34-25(23(30(34)39)15-16-24(35)18-5-9-20(33)10-6-18)19-7-13-22(14-8-19)42-32-28(38)26(36)27(37)29(43-32)31(40)41/h1,3-14,23-29,32,35-38H,15-16H2,(H,40,41)/t23-,24+,25?,26+,27+,28-,29+,32-/m1/s1. The molecule has 11 heteroatoms. The van der Waals surface area contributed by atoms with E-state index in [2.05, 4.69) is 5.92 Å². The maximum absolute atomic E-state index is 13.4. The first-order chi connectivity index (χ1) is 20.6. The van der Waals surface area contributed by atoms with E-state index in [1.807, 2.05) is 0 Å². The molecule has 224 valence electrons. The van der Waals surface area contributed by atoms with Gasteiger partial charge in [0.1, 0.15) is 29.9 Å². The number of hydrogen-bond donors (Lipinski definition) is 5. The summed E-state index contributed by atoms with van der Waals surface area (Å²) in [5.74, 6) is 0.161. The third-order valence-electron chi connectivity index (χ3n) is 7.82. The van der Waals surface area contributed by atoms with Gasteiger partial charge in [-0.3, -0.25) is 4.79 Å². The molecule has 8 atom stereocenters. The zero-order valence-corrected chi connectivity index (χ0v) is 22.7. The molecule has 1 unspecified atom stereocenters. The van der Waals surface area contributed by atoms with Crippen LogP contribution < -0.4 is 9.64 Å². The topological polar surface area (TPSA) is 157 Å². The van der Waals surface area contributed by atoms with Crippen molar-refractivity contribution >= 4 is 17.6 Å². The number of aliphatic hydroxyl groups is 4. The minimum absolute atomic E-state index is 0.143. The van der Waals surface area contributed by atoms with Gasteiger partial charge in [-0.05, 0) is 72.5 Å². The predicted octanol–water partition coefficient (Wildman–Crippen LogP) is 2.30. The van der Waals surface area contributed by atoms with Crippen molar-refractivity contribution in [2.24, 2.45) is 5.92 Å². The van der Waals surface area contributed by atoms with E-state index in [9.17, 15) is 39.5 Å². The molecule has 2 aliphatic heterocycles. The number of carboxylic acid groups (broad SMARTS) is 1. The molecule has 2 heterocycles. The second kappa shape index (κ2) is 12.5. The van der Waals surface area contributed by atoms with Gasteiger partial charge in [-0.25, -0.2) is 9.18 Å². The van der Waals surface area contributed by atoms with Crippen molar-refractivity contribution in [3.8, 4) is 18.1 Å². The predicted molar refractivity (Wildman–Crippen MR) is 150 cm³/mol. The van der Waals surface area contributed by atoms with Crippen LogP contribution in [0.15, 0.2) is 72.8 Å². The highest BCUT2D eigenvalue weighted by Gasteiger charge is 2.49. The average molecular weight is 592 g/mol. The lowest BCUT2D eigenvalue weighted by atomic mass is 9.78. The number of ether oxygens (including phenoxy) is 2. The third kappa shape index (κ3) is 6.10. The molecule has 3 aromatic rings. The molecular formula is C32H30FNO9. The second-order valence-electron chi connectivity index (χ2n) is 10.5. The summed E-state index contributed by atoms with van der Waals surface area (Å²) >= 11 is 0. The van der Waals surface area contributed by atoms with E-state index in [1.54, 1.807) is 53.4 Å². The van der Waals surface area contributed by atoms with Gasteiger partial charge >= 0.3 is 5.97 Å². The van der Waals surface area contributed by atoms with Crippen LogP contribution in [0.2, 0.25) is 0 Å². The number of carbonyl (C=O) groups is 2. The molecule has 2 saturated heterocycles. The number of carboxylic acids is 1. The Labute approximate surface area is 246 Å². The van der Waals surface area contributed by atoms with Crippen LogP contribution in [-0.4, -0.2) is 68.1 Å². The Morgan fingerprint density at radius 3 is 2.23 bits per heavy atom. The smallest absolute Gasteiger partial charge is 0.335 e. The van der Waals surface area contributed by atoms with E-state index in [4.69, 9.17) is 15.9 Å². The Kier molecular flexibility index (Phi) is 8.77. The number of anilines is 1. The van der Waals surface area contributed by atoms with Crippen LogP contribution in [0.1, 0.15) is 41.7 Å². The first kappa shape index (κ1) is 30.2. The van der Waals surface area contributed by atoms with Crippen LogP contribution in [0.25, 0.3) is 0 Å². The molecule has 0 bridgehead atoms. The lowest BCUT2D eigenvalue weighted by Gasteiger charge is -2.48. The van der Waals surface area contributed by atoms with Crippen LogP contribution in [0.5, 0.6) is 5.75 Å². The number of benzene rings is 3. The fourth-order valence-corrected chi connectivity index (χ4v) is 5.43. The molecule has 10 nitrogen and oxygen atoms in total. The molecule has 0 saturated carbocycles. The van der Waals surface area contributed by atoms with Crippen molar-refractivity contribution in [2.75, 3.05) is 4.90 Å². The van der Waals surface area contributed by atoms with Gasteiger partial charge in [0, 0.05) is 11.3 Å². The number of nitrogens with zero attached hydrogens (tertiary/aromatic N) is 1. The zero-order chi connectivity index (χ0) is 30.8. The molecule has 0 aromatic heterocycles. The Bertz CT molecular complexity index is 1490. The minimum atomic E-state index is -1.84. The number of hydrogen-bond acceptors (Lipinski definition) is 8. The van der Waals surface area contributed by atoms with E-state index >= 15 is 0 Å². The number of aliphatic carboxylic acids is 1. The zero-order valence-electron chi connectivity index (χ0n) is 22.7. The largest absolute Gasteiger partial charge is 0.479 e. The van der Waals surface area contributed by atoms with Gasteiger partial charge in [-0.15, -0.1) is 6.42 Å².